The topological polar surface area (TPSA) is 64.3 Å². The van der Waals surface area contributed by atoms with Crippen LogP contribution in [0, 0.1) is 0 Å². The smallest absolute Gasteiger partial charge is 0.449 e. The van der Waals surface area contributed by atoms with Gasteiger partial charge in [0.15, 0.2) is 0 Å². The van der Waals surface area contributed by atoms with Gasteiger partial charge in [-0.05, 0) is 24.3 Å². The van der Waals surface area contributed by atoms with E-state index in [1.807, 2.05) is 6.07 Å². The first-order chi connectivity index (χ1) is 11.5. The molecule has 0 radical (unpaired) electrons. The second-order valence-corrected chi connectivity index (χ2v) is 5.95. The maximum absolute atomic E-state index is 10.8. The SMILES string of the molecule is O=C(O)Oc1cc(-c2ccccc2Cl)n(-c2ccc(Cl)c(Cl)c2)n1. The third kappa shape index (κ3) is 3.33. The third-order valence-electron chi connectivity index (χ3n) is 3.18. The molecule has 0 aliphatic carbocycles. The molecule has 0 atom stereocenters. The molecular formula is C16H9Cl3N2O3. The van der Waals surface area contributed by atoms with Gasteiger partial charge in [-0.3, -0.25) is 0 Å². The van der Waals surface area contributed by atoms with Gasteiger partial charge < -0.3 is 9.84 Å². The zero-order valence-electron chi connectivity index (χ0n) is 11.9. The first-order valence-corrected chi connectivity index (χ1v) is 7.80. The van der Waals surface area contributed by atoms with Crippen LogP contribution in [0.25, 0.3) is 16.9 Å². The van der Waals surface area contributed by atoms with Crippen molar-refractivity contribution in [1.82, 2.24) is 9.78 Å². The molecule has 3 aromatic rings. The molecule has 0 spiro atoms. The van der Waals surface area contributed by atoms with Gasteiger partial charge in [-0.15, -0.1) is 5.10 Å². The number of aromatic nitrogens is 2. The Labute approximate surface area is 151 Å². The van der Waals surface area contributed by atoms with Crippen molar-refractivity contribution in [3.63, 3.8) is 0 Å². The highest BCUT2D eigenvalue weighted by Crippen LogP contribution is 2.33. The Balaban J connectivity index is 2.19. The van der Waals surface area contributed by atoms with E-state index in [4.69, 9.17) is 39.9 Å². The number of carbonyl (C=O) groups is 1. The molecule has 0 saturated carbocycles. The quantitative estimate of drug-likeness (QED) is 0.602. The van der Waals surface area contributed by atoms with Crippen LogP contribution in [0.5, 0.6) is 5.88 Å². The summed E-state index contributed by atoms with van der Waals surface area (Å²) in [6.45, 7) is 0. The fraction of sp³-hybridized carbons (Fsp3) is 0. The van der Waals surface area contributed by atoms with Crippen LogP contribution in [0.15, 0.2) is 48.5 Å². The molecule has 1 aromatic heterocycles. The number of benzene rings is 2. The fourth-order valence-electron chi connectivity index (χ4n) is 2.17. The Morgan fingerprint density at radius 3 is 2.42 bits per heavy atom. The van der Waals surface area contributed by atoms with Crippen LogP contribution >= 0.6 is 34.8 Å². The minimum Gasteiger partial charge on any atom is -0.449 e. The Hall–Kier alpha value is -2.21. The number of rotatable bonds is 3. The summed E-state index contributed by atoms with van der Waals surface area (Å²) in [7, 11) is 0. The van der Waals surface area contributed by atoms with E-state index in [2.05, 4.69) is 9.84 Å². The summed E-state index contributed by atoms with van der Waals surface area (Å²) in [5, 5.41) is 14.2. The fourth-order valence-corrected chi connectivity index (χ4v) is 2.70. The number of carboxylic acid groups (broad SMARTS) is 1. The summed E-state index contributed by atoms with van der Waals surface area (Å²) in [6.07, 6.45) is -1.46. The summed E-state index contributed by atoms with van der Waals surface area (Å²) in [6, 6.07) is 13.5. The maximum Gasteiger partial charge on any atom is 0.512 e. The van der Waals surface area contributed by atoms with E-state index in [1.165, 1.54) is 10.7 Å². The van der Waals surface area contributed by atoms with Gasteiger partial charge in [-0.1, -0.05) is 53.0 Å². The van der Waals surface area contributed by atoms with Gasteiger partial charge in [0.25, 0.3) is 0 Å². The molecule has 2 aromatic carbocycles. The normalized spacial score (nSPS) is 10.6. The van der Waals surface area contributed by atoms with Crippen LogP contribution in [0.1, 0.15) is 0 Å². The molecule has 1 heterocycles. The molecule has 1 N–H and O–H groups in total. The van der Waals surface area contributed by atoms with Gasteiger partial charge in [-0.25, -0.2) is 9.48 Å². The van der Waals surface area contributed by atoms with E-state index < -0.39 is 6.16 Å². The Morgan fingerprint density at radius 1 is 1.00 bits per heavy atom. The van der Waals surface area contributed by atoms with E-state index >= 15 is 0 Å². The van der Waals surface area contributed by atoms with E-state index in [0.29, 0.717) is 32.0 Å². The van der Waals surface area contributed by atoms with Gasteiger partial charge >= 0.3 is 6.16 Å². The lowest BCUT2D eigenvalue weighted by Crippen LogP contribution is -2.04. The molecule has 8 heteroatoms. The van der Waals surface area contributed by atoms with Crippen LogP contribution < -0.4 is 4.74 Å². The molecule has 0 saturated heterocycles. The van der Waals surface area contributed by atoms with Gasteiger partial charge in [-0.2, -0.15) is 0 Å². The summed E-state index contributed by atoms with van der Waals surface area (Å²) < 4.78 is 6.14. The van der Waals surface area contributed by atoms with Crippen LogP contribution in [0.3, 0.4) is 0 Å². The molecule has 0 fully saturated rings. The molecule has 0 amide bonds. The van der Waals surface area contributed by atoms with E-state index in [9.17, 15) is 4.79 Å². The highest BCUT2D eigenvalue weighted by molar-refractivity contribution is 6.42. The highest BCUT2D eigenvalue weighted by atomic mass is 35.5. The van der Waals surface area contributed by atoms with Crippen molar-refractivity contribution in [3.05, 3.63) is 63.6 Å². The van der Waals surface area contributed by atoms with Crippen molar-refractivity contribution in [2.24, 2.45) is 0 Å². The van der Waals surface area contributed by atoms with Crippen molar-refractivity contribution in [3.8, 4) is 22.8 Å². The molecule has 24 heavy (non-hydrogen) atoms. The average molecular weight is 384 g/mol. The monoisotopic (exact) mass is 382 g/mol. The zero-order chi connectivity index (χ0) is 17.3. The maximum atomic E-state index is 10.8. The lowest BCUT2D eigenvalue weighted by atomic mass is 10.1. The highest BCUT2D eigenvalue weighted by Gasteiger charge is 2.17. The van der Waals surface area contributed by atoms with Crippen molar-refractivity contribution < 1.29 is 14.6 Å². The standard InChI is InChI=1S/C16H9Cl3N2O3/c17-11-4-2-1-3-10(11)14-8-15(24-16(22)23)20-21(14)9-5-6-12(18)13(19)7-9/h1-8H,(H,22,23). The van der Waals surface area contributed by atoms with Crippen molar-refractivity contribution >= 4 is 41.0 Å². The predicted octanol–water partition coefficient (Wildman–Crippen LogP) is 5.56. The van der Waals surface area contributed by atoms with Gasteiger partial charge in [0.05, 0.1) is 21.4 Å². The van der Waals surface area contributed by atoms with E-state index in [0.717, 1.165) is 0 Å². The molecule has 122 valence electrons. The van der Waals surface area contributed by atoms with Crippen LogP contribution in [0.4, 0.5) is 4.79 Å². The lowest BCUT2D eigenvalue weighted by molar-refractivity contribution is 0.142. The molecule has 3 rings (SSSR count). The summed E-state index contributed by atoms with van der Waals surface area (Å²) in [5.74, 6) is -0.0801. The van der Waals surface area contributed by atoms with Crippen LogP contribution in [-0.4, -0.2) is 21.0 Å². The largest absolute Gasteiger partial charge is 0.512 e. The number of hydrogen-bond donors (Lipinski definition) is 1. The number of hydrogen-bond acceptors (Lipinski definition) is 3. The van der Waals surface area contributed by atoms with Crippen molar-refractivity contribution in [2.45, 2.75) is 0 Å². The van der Waals surface area contributed by atoms with Crippen molar-refractivity contribution in [1.29, 1.82) is 0 Å². The summed E-state index contributed by atoms with van der Waals surface area (Å²) in [4.78, 5) is 10.8. The third-order valence-corrected chi connectivity index (χ3v) is 4.25. The number of ether oxygens (including phenoxy) is 1. The predicted molar refractivity (Wildman–Crippen MR) is 92.7 cm³/mol. The second-order valence-electron chi connectivity index (χ2n) is 4.73. The van der Waals surface area contributed by atoms with Gasteiger partial charge in [0.1, 0.15) is 0 Å². The first-order valence-electron chi connectivity index (χ1n) is 6.67. The molecule has 0 aliphatic heterocycles. The van der Waals surface area contributed by atoms with E-state index in [-0.39, 0.29) is 5.88 Å². The summed E-state index contributed by atoms with van der Waals surface area (Å²) in [5.41, 5.74) is 1.80. The minimum absolute atomic E-state index is 0.0801. The van der Waals surface area contributed by atoms with Crippen LogP contribution in [0.2, 0.25) is 15.1 Å². The lowest BCUT2D eigenvalue weighted by Gasteiger charge is -2.09. The summed E-state index contributed by atoms with van der Waals surface area (Å²) >= 11 is 18.2. The Bertz CT molecular complexity index is 925. The first kappa shape index (κ1) is 16.6. The molecule has 5 nitrogen and oxygen atoms in total. The number of halogens is 3. The van der Waals surface area contributed by atoms with Crippen molar-refractivity contribution in [2.75, 3.05) is 0 Å². The average Bonchev–Trinajstić information content (AvgIpc) is 2.93. The van der Waals surface area contributed by atoms with Gasteiger partial charge in [0.2, 0.25) is 5.88 Å². The Kier molecular flexibility index (Phi) is 4.66. The number of nitrogens with zero attached hydrogens (tertiary/aromatic N) is 2. The van der Waals surface area contributed by atoms with E-state index in [1.54, 1.807) is 36.4 Å². The minimum atomic E-state index is -1.46. The van der Waals surface area contributed by atoms with Gasteiger partial charge in [0, 0.05) is 16.7 Å². The molecule has 0 bridgehead atoms. The Morgan fingerprint density at radius 2 is 1.75 bits per heavy atom. The second kappa shape index (κ2) is 6.73. The molecular weight excluding hydrogens is 375 g/mol. The molecule has 0 aliphatic rings. The van der Waals surface area contributed by atoms with Crippen LogP contribution in [-0.2, 0) is 0 Å². The molecule has 0 unspecified atom stereocenters. The zero-order valence-corrected chi connectivity index (χ0v) is 14.2.